The van der Waals surface area contributed by atoms with E-state index in [0.29, 0.717) is 0 Å². The van der Waals surface area contributed by atoms with Crippen molar-refractivity contribution < 1.29 is 4.21 Å². The highest BCUT2D eigenvalue weighted by atomic mass is 127. The molecule has 1 heterocycles. The average Bonchev–Trinajstić information content (AvgIpc) is 2.16. The maximum atomic E-state index is 11.1. The minimum absolute atomic E-state index is 0.0604. The molecule has 6 heteroatoms. The first-order valence-electron chi connectivity index (χ1n) is 4.60. The largest absolute Gasteiger partial charge is 0.244 e. The summed E-state index contributed by atoms with van der Waals surface area (Å²) in [4.78, 5) is 4.36. The summed E-state index contributed by atoms with van der Waals surface area (Å²) >= 11 is 5.19. The van der Waals surface area contributed by atoms with Crippen molar-refractivity contribution >= 4 is 45.3 Å². The zero-order valence-electron chi connectivity index (χ0n) is 8.24. The first-order valence-corrected chi connectivity index (χ1v) is 9.08. The van der Waals surface area contributed by atoms with Gasteiger partial charge in [-0.25, -0.2) is 13.9 Å². The molecule has 1 N–H and O–H groups in total. The van der Waals surface area contributed by atoms with Gasteiger partial charge in [0.2, 0.25) is 0 Å². The summed E-state index contributed by atoms with van der Waals surface area (Å²) in [5, 5.41) is 0. The van der Waals surface area contributed by atoms with E-state index in [1.165, 1.54) is 0 Å². The van der Waals surface area contributed by atoms with Crippen LogP contribution in [0.15, 0.2) is 22.8 Å². The van der Waals surface area contributed by atoms with Crippen molar-refractivity contribution in [2.45, 2.75) is 25.8 Å². The van der Waals surface area contributed by atoms with Crippen LogP contribution >= 0.6 is 37.1 Å². The van der Waals surface area contributed by atoms with Gasteiger partial charge in [-0.15, -0.1) is 0 Å². The molecule has 1 rings (SSSR count). The van der Waals surface area contributed by atoms with Crippen LogP contribution in [0.5, 0.6) is 0 Å². The Morgan fingerprint density at radius 2 is 2.40 bits per heavy atom. The van der Waals surface area contributed by atoms with E-state index in [1.807, 2.05) is 39.4 Å². The summed E-state index contributed by atoms with van der Waals surface area (Å²) in [6, 6.07) is 5.83. The van der Waals surface area contributed by atoms with Gasteiger partial charge in [0.1, 0.15) is 4.60 Å². The van der Waals surface area contributed by atoms with Crippen molar-refractivity contribution in [2.24, 2.45) is 0 Å². The Hall–Kier alpha value is 0.470. The average molecular weight is 403 g/mol. The van der Waals surface area contributed by atoms with E-state index in [4.69, 9.17) is 0 Å². The monoisotopic (exact) mass is 402 g/mol. The summed E-state index contributed by atoms with van der Waals surface area (Å²) in [5.74, 6) is 0. The number of nitrogens with zero attached hydrogens (tertiary/aromatic N) is 1. The molecule has 1 aromatic heterocycles. The molecule has 3 nitrogen and oxygen atoms in total. The van der Waals surface area contributed by atoms with E-state index in [2.05, 4.69) is 32.6 Å². The molecule has 0 radical (unpaired) electrons. The minimum atomic E-state index is -1.04. The van der Waals surface area contributed by atoms with Crippen molar-refractivity contribution in [3.8, 4) is 0 Å². The van der Waals surface area contributed by atoms with Crippen molar-refractivity contribution in [2.75, 3.05) is 0 Å². The molecule has 0 bridgehead atoms. The predicted molar refractivity (Wildman–Crippen MR) is 74.9 cm³/mol. The number of aromatic nitrogens is 1. The van der Waals surface area contributed by atoms with Crippen LogP contribution in [0.4, 0.5) is 0 Å². The zero-order valence-corrected chi connectivity index (χ0v) is 12.8. The normalized spacial score (nSPS) is 14.9. The van der Waals surface area contributed by atoms with E-state index in [9.17, 15) is 4.21 Å². The molecule has 0 aliphatic heterocycles. The molecule has 15 heavy (non-hydrogen) atoms. The Bertz CT molecular complexity index is 351. The minimum Gasteiger partial charge on any atom is -0.244 e. The lowest BCUT2D eigenvalue weighted by Gasteiger charge is -2.15. The Balaban J connectivity index is 2.83. The third kappa shape index (κ3) is 4.88. The van der Waals surface area contributed by atoms with Crippen LogP contribution in [-0.2, 0) is 8.16 Å². The summed E-state index contributed by atoms with van der Waals surface area (Å²) in [5.41, 5.74) is 0.927. The van der Waals surface area contributed by atoms with E-state index >= 15 is 0 Å². The second-order valence-corrected chi connectivity index (χ2v) is 6.96. The van der Waals surface area contributed by atoms with Crippen molar-refractivity contribution in [1.29, 1.82) is 0 Å². The SMILES string of the molecule is CCC[C@H](NS(=O)I)c1cccc(Br)n1. The highest BCUT2D eigenvalue weighted by Gasteiger charge is 2.13. The van der Waals surface area contributed by atoms with Gasteiger partial charge >= 0.3 is 0 Å². The second-order valence-electron chi connectivity index (χ2n) is 3.07. The van der Waals surface area contributed by atoms with Crippen LogP contribution in [0.1, 0.15) is 31.5 Å². The number of hydrogen-bond acceptors (Lipinski definition) is 2. The molecule has 0 aliphatic rings. The smallest absolute Gasteiger partial charge is 0.156 e. The highest BCUT2D eigenvalue weighted by molar-refractivity contribution is 14.2. The van der Waals surface area contributed by atoms with Crippen LogP contribution in [-0.4, -0.2) is 9.19 Å². The Morgan fingerprint density at radius 3 is 2.93 bits per heavy atom. The number of hydrogen-bond donors (Lipinski definition) is 1. The lowest BCUT2D eigenvalue weighted by molar-refractivity contribution is 0.573. The number of pyridine rings is 1. The molecule has 0 saturated heterocycles. The molecular formula is C9H12BrIN2OS. The van der Waals surface area contributed by atoms with Gasteiger partial charge in [-0.1, -0.05) is 19.4 Å². The van der Waals surface area contributed by atoms with Crippen molar-refractivity contribution in [3.05, 3.63) is 28.5 Å². The Labute approximate surface area is 113 Å². The molecule has 2 atom stereocenters. The number of halogens is 2. The van der Waals surface area contributed by atoms with Gasteiger partial charge in [0.25, 0.3) is 0 Å². The first kappa shape index (κ1) is 13.5. The van der Waals surface area contributed by atoms with E-state index in [0.717, 1.165) is 23.1 Å². The Kier molecular flexibility index (Phi) is 6.25. The van der Waals surface area contributed by atoms with Gasteiger partial charge < -0.3 is 0 Å². The van der Waals surface area contributed by atoms with E-state index < -0.39 is 8.16 Å². The molecule has 0 aromatic carbocycles. The molecule has 0 fully saturated rings. The quantitative estimate of drug-likeness (QED) is 0.466. The van der Waals surface area contributed by atoms with Crippen LogP contribution in [0, 0.1) is 0 Å². The Morgan fingerprint density at radius 1 is 1.67 bits per heavy atom. The third-order valence-electron chi connectivity index (χ3n) is 1.91. The lowest BCUT2D eigenvalue weighted by Crippen LogP contribution is -2.21. The fourth-order valence-electron chi connectivity index (χ4n) is 1.29. The van der Waals surface area contributed by atoms with Crippen LogP contribution in [0.2, 0.25) is 0 Å². The standard InChI is InChI=1S/C9H12BrIN2OS/c1-2-4-8(13-15(11)14)7-5-3-6-9(10)12-7/h3,5-6,8,13H,2,4H2,1H3/t8-,15?/m0/s1. The fourth-order valence-corrected chi connectivity index (χ4v) is 3.03. The molecule has 84 valence electrons. The molecule has 1 unspecified atom stereocenters. The van der Waals surface area contributed by atoms with Crippen LogP contribution < -0.4 is 4.72 Å². The van der Waals surface area contributed by atoms with Gasteiger partial charge in [0.15, 0.2) is 8.16 Å². The molecule has 0 amide bonds. The maximum Gasteiger partial charge on any atom is 0.156 e. The summed E-state index contributed by atoms with van der Waals surface area (Å²) < 4.78 is 14.9. The molecular weight excluding hydrogens is 391 g/mol. The number of rotatable bonds is 5. The summed E-state index contributed by atoms with van der Waals surface area (Å²) in [6.07, 6.45) is 1.96. The first-order chi connectivity index (χ1) is 7.13. The van der Waals surface area contributed by atoms with Gasteiger partial charge in [0.05, 0.1) is 32.9 Å². The van der Waals surface area contributed by atoms with Crippen molar-refractivity contribution in [3.63, 3.8) is 0 Å². The van der Waals surface area contributed by atoms with Crippen LogP contribution in [0.25, 0.3) is 0 Å². The maximum absolute atomic E-state index is 11.1. The third-order valence-corrected chi connectivity index (χ3v) is 3.58. The zero-order chi connectivity index (χ0) is 11.3. The molecule has 0 saturated carbocycles. The van der Waals surface area contributed by atoms with Gasteiger partial charge in [-0.05, 0) is 34.5 Å². The second kappa shape index (κ2) is 6.93. The van der Waals surface area contributed by atoms with Gasteiger partial charge in [-0.2, -0.15) is 0 Å². The van der Waals surface area contributed by atoms with Gasteiger partial charge in [-0.3, -0.25) is 0 Å². The fraction of sp³-hybridized carbons (Fsp3) is 0.444. The predicted octanol–water partition coefficient (Wildman–Crippen LogP) is 3.29. The number of nitrogens with one attached hydrogen (secondary N) is 1. The van der Waals surface area contributed by atoms with E-state index in [1.54, 1.807) is 0 Å². The molecule has 0 spiro atoms. The molecule has 0 aliphatic carbocycles. The van der Waals surface area contributed by atoms with Crippen molar-refractivity contribution in [1.82, 2.24) is 9.71 Å². The highest BCUT2D eigenvalue weighted by Crippen LogP contribution is 2.19. The van der Waals surface area contributed by atoms with E-state index in [-0.39, 0.29) is 6.04 Å². The van der Waals surface area contributed by atoms with Crippen LogP contribution in [0.3, 0.4) is 0 Å². The molecule has 1 aromatic rings. The summed E-state index contributed by atoms with van der Waals surface area (Å²) in [6.45, 7) is 2.10. The topological polar surface area (TPSA) is 42.0 Å². The summed E-state index contributed by atoms with van der Waals surface area (Å²) in [7, 11) is -1.04. The van der Waals surface area contributed by atoms with Gasteiger partial charge in [0, 0.05) is 0 Å². The lowest BCUT2D eigenvalue weighted by atomic mass is 10.1.